The maximum absolute atomic E-state index is 12.2. The van der Waals surface area contributed by atoms with E-state index in [1.165, 1.54) is 12.1 Å². The average Bonchev–Trinajstić information content (AvgIpc) is 2.69. The number of hydrogen-bond donors (Lipinski definition) is 2. The Morgan fingerprint density at radius 3 is 2.73 bits per heavy atom. The number of anilines is 1. The average molecular weight is 421 g/mol. The first-order valence-electron chi connectivity index (χ1n) is 5.59. The Bertz CT molecular complexity index is 680. The standard InChI is InChI=1S/C11H9BrF3N3O2S.ClH/c1-16-4-8(19)17-10-18-9-6(12)2-5(3-7(9)21-10)20-11(13,14)15;/h2-3,16H,4H2,1H3,(H,17,18,19);1H. The van der Waals surface area contributed by atoms with Gasteiger partial charge in [-0.3, -0.25) is 4.79 Å². The molecule has 1 aromatic carbocycles. The van der Waals surface area contributed by atoms with E-state index in [0.717, 1.165) is 11.3 Å². The van der Waals surface area contributed by atoms with E-state index in [-0.39, 0.29) is 30.6 Å². The lowest BCUT2D eigenvalue weighted by atomic mass is 10.3. The molecule has 0 bridgehead atoms. The molecule has 1 amide bonds. The molecule has 0 radical (unpaired) electrons. The van der Waals surface area contributed by atoms with Crippen LogP contribution >= 0.6 is 39.7 Å². The van der Waals surface area contributed by atoms with Crippen LogP contribution in [0.25, 0.3) is 10.2 Å². The molecule has 0 saturated carbocycles. The molecule has 122 valence electrons. The van der Waals surface area contributed by atoms with Crippen LogP contribution in [0.5, 0.6) is 5.75 Å². The normalized spacial score (nSPS) is 11.1. The molecule has 11 heteroatoms. The first-order chi connectivity index (χ1) is 9.78. The van der Waals surface area contributed by atoms with Crippen molar-refractivity contribution in [3.05, 3.63) is 16.6 Å². The number of ether oxygens (including phenoxy) is 1. The highest BCUT2D eigenvalue weighted by Gasteiger charge is 2.31. The number of halogens is 5. The summed E-state index contributed by atoms with van der Waals surface area (Å²) in [6, 6.07) is 2.40. The van der Waals surface area contributed by atoms with Crippen LogP contribution in [0.2, 0.25) is 0 Å². The number of alkyl halides is 3. The topological polar surface area (TPSA) is 63.2 Å². The van der Waals surface area contributed by atoms with Gasteiger partial charge in [0.2, 0.25) is 5.91 Å². The van der Waals surface area contributed by atoms with Crippen LogP contribution < -0.4 is 15.4 Å². The summed E-state index contributed by atoms with van der Waals surface area (Å²) in [6.45, 7) is 0.111. The molecule has 0 saturated heterocycles. The van der Waals surface area contributed by atoms with Crippen LogP contribution in [0.15, 0.2) is 16.6 Å². The third kappa shape index (κ3) is 4.97. The predicted octanol–water partition coefficient (Wildman–Crippen LogP) is 3.54. The van der Waals surface area contributed by atoms with Gasteiger partial charge >= 0.3 is 6.36 Å². The maximum atomic E-state index is 12.2. The molecular weight excluding hydrogens is 411 g/mol. The van der Waals surface area contributed by atoms with Crippen molar-refractivity contribution < 1.29 is 22.7 Å². The fourth-order valence-electron chi connectivity index (χ4n) is 1.54. The Balaban J connectivity index is 0.00000242. The zero-order chi connectivity index (χ0) is 15.6. The number of nitrogens with zero attached hydrogens (tertiary/aromatic N) is 1. The van der Waals surface area contributed by atoms with Gasteiger partial charge in [0.25, 0.3) is 0 Å². The lowest BCUT2D eigenvalue weighted by molar-refractivity contribution is -0.274. The smallest absolute Gasteiger partial charge is 0.406 e. The second-order valence-corrected chi connectivity index (χ2v) is 5.78. The van der Waals surface area contributed by atoms with E-state index in [9.17, 15) is 18.0 Å². The van der Waals surface area contributed by atoms with Gasteiger partial charge < -0.3 is 15.4 Å². The lowest BCUT2D eigenvalue weighted by Gasteiger charge is -2.08. The van der Waals surface area contributed by atoms with Gasteiger partial charge in [-0.2, -0.15) is 0 Å². The van der Waals surface area contributed by atoms with E-state index in [1.54, 1.807) is 7.05 Å². The molecule has 0 unspecified atom stereocenters. The highest BCUT2D eigenvalue weighted by molar-refractivity contribution is 9.10. The summed E-state index contributed by atoms with van der Waals surface area (Å²) in [5.74, 6) is -0.641. The molecule has 2 N–H and O–H groups in total. The molecule has 5 nitrogen and oxygen atoms in total. The molecule has 0 atom stereocenters. The van der Waals surface area contributed by atoms with Crippen LogP contribution in [-0.2, 0) is 4.79 Å². The summed E-state index contributed by atoms with van der Waals surface area (Å²) >= 11 is 4.19. The fourth-order valence-corrected chi connectivity index (χ4v) is 3.13. The minimum atomic E-state index is -4.76. The number of fused-ring (bicyclic) bond motifs is 1. The van der Waals surface area contributed by atoms with E-state index in [2.05, 4.69) is 36.3 Å². The first-order valence-corrected chi connectivity index (χ1v) is 7.20. The highest BCUT2D eigenvalue weighted by Crippen LogP contribution is 2.36. The fraction of sp³-hybridized carbons (Fsp3) is 0.273. The quantitative estimate of drug-likeness (QED) is 0.794. The summed E-state index contributed by atoms with van der Waals surface area (Å²) in [4.78, 5) is 15.6. The summed E-state index contributed by atoms with van der Waals surface area (Å²) in [6.07, 6.45) is -4.76. The Morgan fingerprint density at radius 2 is 2.14 bits per heavy atom. The number of amides is 1. The van der Waals surface area contributed by atoms with Crippen molar-refractivity contribution in [2.45, 2.75) is 6.36 Å². The zero-order valence-corrected chi connectivity index (χ0v) is 14.2. The third-order valence-corrected chi connectivity index (χ3v) is 3.76. The Hall–Kier alpha value is -1.10. The Labute approximate surface area is 141 Å². The predicted molar refractivity (Wildman–Crippen MR) is 83.8 cm³/mol. The zero-order valence-electron chi connectivity index (χ0n) is 11.0. The molecule has 0 fully saturated rings. The van der Waals surface area contributed by atoms with Gasteiger partial charge in [-0.15, -0.1) is 25.6 Å². The van der Waals surface area contributed by atoms with Crippen molar-refractivity contribution in [1.82, 2.24) is 10.3 Å². The molecule has 22 heavy (non-hydrogen) atoms. The van der Waals surface area contributed by atoms with Crippen LogP contribution in [-0.4, -0.2) is 30.8 Å². The monoisotopic (exact) mass is 419 g/mol. The number of benzene rings is 1. The second kappa shape index (κ2) is 7.44. The third-order valence-electron chi connectivity index (χ3n) is 2.24. The summed E-state index contributed by atoms with van der Waals surface area (Å²) in [5, 5.41) is 5.53. The molecule has 1 aromatic heterocycles. The molecule has 2 aromatic rings. The molecule has 0 aliphatic heterocycles. The van der Waals surface area contributed by atoms with Gasteiger partial charge in [0, 0.05) is 10.5 Å². The first kappa shape index (κ1) is 18.9. The van der Waals surface area contributed by atoms with Crippen molar-refractivity contribution in [3.8, 4) is 5.75 Å². The van der Waals surface area contributed by atoms with Crippen LogP contribution in [0.4, 0.5) is 18.3 Å². The van der Waals surface area contributed by atoms with E-state index in [4.69, 9.17) is 0 Å². The van der Waals surface area contributed by atoms with E-state index in [0.29, 0.717) is 19.8 Å². The molecule has 0 aliphatic carbocycles. The van der Waals surface area contributed by atoms with Gasteiger partial charge in [-0.25, -0.2) is 4.98 Å². The van der Waals surface area contributed by atoms with Gasteiger partial charge in [0.05, 0.1) is 16.8 Å². The van der Waals surface area contributed by atoms with Crippen molar-refractivity contribution in [2.75, 3.05) is 18.9 Å². The number of carbonyl (C=O) groups is 1. The molecule has 2 rings (SSSR count). The minimum Gasteiger partial charge on any atom is -0.406 e. The maximum Gasteiger partial charge on any atom is 0.573 e. The van der Waals surface area contributed by atoms with Crippen molar-refractivity contribution in [1.29, 1.82) is 0 Å². The number of thiazole rings is 1. The number of aromatic nitrogens is 1. The lowest BCUT2D eigenvalue weighted by Crippen LogP contribution is -2.24. The van der Waals surface area contributed by atoms with Crippen LogP contribution in [0, 0.1) is 0 Å². The Kier molecular flexibility index (Phi) is 6.41. The van der Waals surface area contributed by atoms with Gasteiger partial charge in [-0.1, -0.05) is 11.3 Å². The molecule has 1 heterocycles. The summed E-state index contributed by atoms with van der Waals surface area (Å²) < 4.78 is 41.3. The summed E-state index contributed by atoms with van der Waals surface area (Å²) in [5.41, 5.74) is 0.453. The van der Waals surface area contributed by atoms with Gasteiger partial charge in [-0.05, 0) is 29.0 Å². The number of likely N-dealkylation sites (N-methyl/N-ethyl adjacent to an activating group) is 1. The largest absolute Gasteiger partial charge is 0.573 e. The summed E-state index contributed by atoms with van der Waals surface area (Å²) in [7, 11) is 1.62. The molecular formula is C11H10BrClF3N3O2S. The van der Waals surface area contributed by atoms with E-state index < -0.39 is 6.36 Å². The number of rotatable bonds is 4. The van der Waals surface area contributed by atoms with Crippen molar-refractivity contribution in [3.63, 3.8) is 0 Å². The highest BCUT2D eigenvalue weighted by atomic mass is 79.9. The van der Waals surface area contributed by atoms with Gasteiger partial charge in [0.15, 0.2) is 5.13 Å². The molecule has 0 aliphatic rings. The van der Waals surface area contributed by atoms with Crippen molar-refractivity contribution in [2.24, 2.45) is 0 Å². The van der Waals surface area contributed by atoms with Crippen LogP contribution in [0.1, 0.15) is 0 Å². The van der Waals surface area contributed by atoms with Crippen molar-refractivity contribution >= 4 is 60.9 Å². The van der Waals surface area contributed by atoms with Gasteiger partial charge in [0.1, 0.15) is 5.75 Å². The Morgan fingerprint density at radius 1 is 1.45 bits per heavy atom. The number of hydrogen-bond acceptors (Lipinski definition) is 5. The van der Waals surface area contributed by atoms with E-state index in [1.807, 2.05) is 0 Å². The molecule has 0 spiro atoms. The SMILES string of the molecule is CNCC(=O)Nc1nc2c(Br)cc(OC(F)(F)F)cc2s1.Cl. The van der Waals surface area contributed by atoms with Crippen LogP contribution in [0.3, 0.4) is 0 Å². The number of nitrogens with one attached hydrogen (secondary N) is 2. The minimum absolute atomic E-state index is 0. The second-order valence-electron chi connectivity index (χ2n) is 3.90. The number of carbonyl (C=O) groups excluding carboxylic acids is 1. The van der Waals surface area contributed by atoms with E-state index >= 15 is 0 Å².